The Morgan fingerprint density at radius 3 is 2.18 bits per heavy atom. The maximum Gasteiger partial charge on any atom is 0.306 e. The van der Waals surface area contributed by atoms with Crippen LogP contribution in [0.5, 0.6) is 0 Å². The van der Waals surface area contributed by atoms with E-state index in [1.165, 1.54) is 12.8 Å². The van der Waals surface area contributed by atoms with Crippen LogP contribution in [-0.2, 0) is 4.79 Å². The van der Waals surface area contributed by atoms with Crippen molar-refractivity contribution in [1.82, 2.24) is 5.32 Å². The van der Waals surface area contributed by atoms with E-state index in [1.54, 1.807) is 0 Å². The van der Waals surface area contributed by atoms with Gasteiger partial charge >= 0.3 is 5.97 Å². The first kappa shape index (κ1) is 16.1. The van der Waals surface area contributed by atoms with E-state index >= 15 is 0 Å². The molecular weight excluding hydrogens is 321 g/mol. The molecule has 2 saturated carbocycles. The highest BCUT2D eigenvalue weighted by Gasteiger charge is 2.37. The van der Waals surface area contributed by atoms with Gasteiger partial charge in [0.25, 0.3) is 0 Å². The Labute approximate surface area is 141 Å². The van der Waals surface area contributed by atoms with Crippen LogP contribution in [0.25, 0.3) is 0 Å². The molecule has 5 heteroatoms. The third-order valence-corrected chi connectivity index (χ3v) is 5.55. The minimum atomic E-state index is -0.661. The molecule has 3 rings (SSSR count). The summed E-state index contributed by atoms with van der Waals surface area (Å²) >= 11 is 12.8. The molecule has 22 heavy (non-hydrogen) atoms. The molecule has 2 aliphatic carbocycles. The molecular formula is C17H21Cl2NO2. The Hall–Kier alpha value is -0.770. The second-order valence-corrected chi connectivity index (χ2v) is 7.32. The van der Waals surface area contributed by atoms with Crippen molar-refractivity contribution in [2.45, 2.75) is 50.6 Å². The number of halogens is 2. The molecule has 1 aromatic carbocycles. The summed E-state index contributed by atoms with van der Waals surface area (Å²) in [5, 5.41) is 14.3. The van der Waals surface area contributed by atoms with Gasteiger partial charge in [0.15, 0.2) is 0 Å². The first-order valence-corrected chi connectivity index (χ1v) is 8.74. The van der Waals surface area contributed by atoms with Crippen LogP contribution < -0.4 is 5.32 Å². The Bertz CT molecular complexity index is 531. The molecule has 0 radical (unpaired) electrons. The minimum Gasteiger partial charge on any atom is -0.481 e. The van der Waals surface area contributed by atoms with Crippen LogP contribution in [0.1, 0.15) is 50.1 Å². The molecule has 1 unspecified atom stereocenters. The lowest BCUT2D eigenvalue weighted by Gasteiger charge is -2.32. The summed E-state index contributed by atoms with van der Waals surface area (Å²) in [7, 11) is 0. The number of hydrogen-bond acceptors (Lipinski definition) is 2. The number of rotatable bonds is 5. The van der Waals surface area contributed by atoms with E-state index < -0.39 is 5.97 Å². The van der Waals surface area contributed by atoms with E-state index in [4.69, 9.17) is 28.3 Å². The first-order chi connectivity index (χ1) is 10.6. The molecule has 1 aromatic rings. The van der Waals surface area contributed by atoms with Crippen molar-refractivity contribution in [2.75, 3.05) is 0 Å². The van der Waals surface area contributed by atoms with E-state index in [2.05, 4.69) is 5.32 Å². The standard InChI is InChI=1S/C17H21Cl2NO2/c18-13-2-1-3-14(19)15(13)16(10-4-5-10)20-12-8-6-11(7-9-12)17(21)22/h1-3,10-12,16,20H,4-9H2,(H,21,22). The fourth-order valence-electron chi connectivity index (χ4n) is 3.45. The molecule has 1 atom stereocenters. The van der Waals surface area contributed by atoms with Crippen LogP contribution in [-0.4, -0.2) is 17.1 Å². The zero-order chi connectivity index (χ0) is 15.7. The molecule has 0 amide bonds. The molecule has 0 saturated heterocycles. The highest BCUT2D eigenvalue weighted by atomic mass is 35.5. The molecule has 0 aliphatic heterocycles. The lowest BCUT2D eigenvalue weighted by Crippen LogP contribution is -2.38. The molecule has 0 bridgehead atoms. The summed E-state index contributed by atoms with van der Waals surface area (Å²) < 4.78 is 0. The quantitative estimate of drug-likeness (QED) is 0.817. The second kappa shape index (κ2) is 6.77. The first-order valence-electron chi connectivity index (χ1n) is 7.99. The molecule has 2 fully saturated rings. The topological polar surface area (TPSA) is 49.3 Å². The van der Waals surface area contributed by atoms with Crippen LogP contribution in [0.2, 0.25) is 10.0 Å². The summed E-state index contributed by atoms with van der Waals surface area (Å²) in [4.78, 5) is 11.1. The molecule has 0 aromatic heterocycles. The third kappa shape index (κ3) is 3.58. The van der Waals surface area contributed by atoms with E-state index in [0.29, 0.717) is 12.0 Å². The zero-order valence-corrected chi connectivity index (χ0v) is 13.9. The van der Waals surface area contributed by atoms with Crippen molar-refractivity contribution in [2.24, 2.45) is 11.8 Å². The van der Waals surface area contributed by atoms with Gasteiger partial charge < -0.3 is 10.4 Å². The lowest BCUT2D eigenvalue weighted by molar-refractivity contribution is -0.142. The van der Waals surface area contributed by atoms with Crippen LogP contribution >= 0.6 is 23.2 Å². The zero-order valence-electron chi connectivity index (χ0n) is 12.4. The number of carbonyl (C=O) groups is 1. The highest BCUT2D eigenvalue weighted by molar-refractivity contribution is 6.36. The van der Waals surface area contributed by atoms with Gasteiger partial charge in [0.1, 0.15) is 0 Å². The maximum absolute atomic E-state index is 11.1. The van der Waals surface area contributed by atoms with Gasteiger partial charge in [-0.05, 0) is 56.6 Å². The van der Waals surface area contributed by atoms with E-state index in [1.807, 2.05) is 18.2 Å². The second-order valence-electron chi connectivity index (χ2n) is 6.50. The van der Waals surface area contributed by atoms with Gasteiger partial charge in [-0.2, -0.15) is 0 Å². The van der Waals surface area contributed by atoms with Crippen molar-refractivity contribution in [3.05, 3.63) is 33.8 Å². The highest BCUT2D eigenvalue weighted by Crippen LogP contribution is 2.46. The van der Waals surface area contributed by atoms with Gasteiger partial charge in [-0.1, -0.05) is 29.3 Å². The fraction of sp³-hybridized carbons (Fsp3) is 0.588. The number of nitrogens with one attached hydrogen (secondary N) is 1. The smallest absolute Gasteiger partial charge is 0.306 e. The Balaban J connectivity index is 1.70. The minimum absolute atomic E-state index is 0.179. The Morgan fingerprint density at radius 2 is 1.68 bits per heavy atom. The molecule has 3 nitrogen and oxygen atoms in total. The van der Waals surface area contributed by atoms with Crippen LogP contribution in [0.3, 0.4) is 0 Å². The third-order valence-electron chi connectivity index (χ3n) is 4.90. The van der Waals surface area contributed by atoms with Crippen LogP contribution in [0.4, 0.5) is 0 Å². The molecule has 120 valence electrons. The van der Waals surface area contributed by atoms with E-state index in [-0.39, 0.29) is 12.0 Å². The number of hydrogen-bond donors (Lipinski definition) is 2. The summed E-state index contributed by atoms with van der Waals surface area (Å²) in [5.74, 6) is -0.248. The number of carboxylic acid groups (broad SMARTS) is 1. The van der Waals surface area contributed by atoms with Gasteiger partial charge in [0.05, 0.1) is 5.92 Å². The average molecular weight is 342 g/mol. The largest absolute Gasteiger partial charge is 0.481 e. The van der Waals surface area contributed by atoms with E-state index in [0.717, 1.165) is 41.3 Å². The maximum atomic E-state index is 11.1. The summed E-state index contributed by atoms with van der Waals surface area (Å²) in [6, 6.07) is 6.19. The molecule has 2 N–H and O–H groups in total. The van der Waals surface area contributed by atoms with Gasteiger partial charge in [-0.25, -0.2) is 0 Å². The Morgan fingerprint density at radius 1 is 1.09 bits per heavy atom. The van der Waals surface area contributed by atoms with Crippen molar-refractivity contribution < 1.29 is 9.90 Å². The fourth-order valence-corrected chi connectivity index (χ4v) is 4.09. The molecule has 2 aliphatic rings. The van der Waals surface area contributed by atoms with Gasteiger partial charge in [-0.15, -0.1) is 0 Å². The normalized spacial score (nSPS) is 26.6. The van der Waals surface area contributed by atoms with E-state index in [9.17, 15) is 4.79 Å². The average Bonchev–Trinajstić information content (AvgIpc) is 3.31. The SMILES string of the molecule is O=C(O)C1CCC(NC(c2c(Cl)cccc2Cl)C2CC2)CC1. The van der Waals surface area contributed by atoms with Gasteiger partial charge in [-0.3, -0.25) is 4.79 Å². The number of benzene rings is 1. The predicted molar refractivity (Wildman–Crippen MR) is 88.4 cm³/mol. The van der Waals surface area contributed by atoms with Crippen molar-refractivity contribution >= 4 is 29.2 Å². The summed E-state index contributed by atoms with van der Waals surface area (Å²) in [5.41, 5.74) is 1.01. The number of carboxylic acids is 1. The van der Waals surface area contributed by atoms with Crippen LogP contribution in [0, 0.1) is 11.8 Å². The van der Waals surface area contributed by atoms with Crippen molar-refractivity contribution in [3.8, 4) is 0 Å². The van der Waals surface area contributed by atoms with Gasteiger partial charge in [0.2, 0.25) is 0 Å². The summed E-state index contributed by atoms with van der Waals surface area (Å²) in [6.45, 7) is 0. The van der Waals surface area contributed by atoms with Gasteiger partial charge in [0, 0.05) is 27.7 Å². The predicted octanol–water partition coefficient (Wildman–Crippen LogP) is 4.68. The van der Waals surface area contributed by atoms with Crippen molar-refractivity contribution in [1.29, 1.82) is 0 Å². The Kier molecular flexibility index (Phi) is 4.96. The number of aliphatic carboxylic acids is 1. The van der Waals surface area contributed by atoms with Crippen molar-refractivity contribution in [3.63, 3.8) is 0 Å². The lowest BCUT2D eigenvalue weighted by atomic mass is 9.85. The monoisotopic (exact) mass is 341 g/mol. The van der Waals surface area contributed by atoms with Crippen LogP contribution in [0.15, 0.2) is 18.2 Å². The molecule has 0 heterocycles. The summed E-state index contributed by atoms with van der Waals surface area (Å²) in [6.07, 6.45) is 5.71. The molecule has 0 spiro atoms.